The van der Waals surface area contributed by atoms with Crippen LogP contribution < -0.4 is 57.2 Å². The molecule has 21 nitrogen and oxygen atoms in total. The summed E-state index contributed by atoms with van der Waals surface area (Å²) >= 11 is 20.5. The first kappa shape index (κ1) is 79.8. The van der Waals surface area contributed by atoms with Gasteiger partial charge >= 0.3 is 0 Å². The van der Waals surface area contributed by atoms with Crippen LogP contribution in [0, 0.1) is 41.5 Å². The molecule has 4 heterocycles. The number of hydrogen-bond donors (Lipinski definition) is 7. The van der Waals surface area contributed by atoms with Crippen molar-refractivity contribution < 1.29 is 14.4 Å². The minimum atomic E-state index is -0.315. The molecule has 3 amide bonds. The minimum Gasteiger partial charge on any atom is -0.369 e. The Labute approximate surface area is 635 Å². The highest BCUT2D eigenvalue weighted by Gasteiger charge is 2.34. The molecule has 0 radical (unpaired) electrons. The smallest absolute Gasteiger partial charge is 0.251 e. The molecular weight excluding hydrogens is 1390 g/mol. The average molecular weight is 1500 g/mol. The highest BCUT2D eigenvalue weighted by Crippen LogP contribution is 2.39. The number of halogens is 3. The number of H-pyrrole nitrogens is 3. The third kappa shape index (κ3) is 18.3. The van der Waals surface area contributed by atoms with Gasteiger partial charge in [-0.25, -0.2) is 0 Å². The number of rotatable bonds is 28. The van der Waals surface area contributed by atoms with Crippen LogP contribution in [-0.2, 0) is 26.2 Å². The van der Waals surface area contributed by atoms with Crippen LogP contribution in [0.4, 0.5) is 28.7 Å². The number of anilines is 5. The molecule has 7 aromatic rings. The molecule has 3 aliphatic carbocycles. The zero-order chi connectivity index (χ0) is 76.0. The molecule has 3 saturated carbocycles. The summed E-state index contributed by atoms with van der Waals surface area (Å²) in [5.41, 5.74) is 11.6. The van der Waals surface area contributed by atoms with Crippen molar-refractivity contribution in [3.63, 3.8) is 0 Å². The molecule has 0 saturated heterocycles. The van der Waals surface area contributed by atoms with Crippen molar-refractivity contribution in [1.82, 2.24) is 50.0 Å². The lowest BCUT2D eigenvalue weighted by atomic mass is 9.88. The third-order valence-corrected chi connectivity index (χ3v) is 23.4. The maximum Gasteiger partial charge on any atom is 0.251 e. The number of nitrogens with one attached hydrogen (secondary N) is 7. The van der Waals surface area contributed by atoms with Crippen molar-refractivity contribution in [3.05, 3.63) is 179 Å². The van der Waals surface area contributed by atoms with Crippen LogP contribution in [0.2, 0.25) is 15.1 Å². The number of nitrogens with zero attached hydrogens (tertiary/aromatic N) is 8. The van der Waals surface area contributed by atoms with Crippen molar-refractivity contribution in [2.45, 2.75) is 215 Å². The van der Waals surface area contributed by atoms with E-state index < -0.39 is 0 Å². The molecule has 1 atom stereocenters. The summed E-state index contributed by atoms with van der Waals surface area (Å²) in [6.07, 6.45) is 13.9. The Balaban J connectivity index is 0.722. The second-order valence-electron chi connectivity index (χ2n) is 30.3. The van der Waals surface area contributed by atoms with Gasteiger partial charge in [0.2, 0.25) is 0 Å². The van der Waals surface area contributed by atoms with Gasteiger partial charge in [0.25, 0.3) is 17.7 Å². The SMILES string of the molecule is CCN(c1cc(Cl)cc(C(=O)NCc2c(NC(C)CN(C)C3CCC(N(CC)c4cc(Cl)cc(C(=O)NCc5c(=O)cc(C)n6c(CN(C)C7CCC(N(CC)c8cc(Cl)cc(C(=O)NCc9c(N(C)C)[nH]c(C)cc9=O)c8C)CC7)c[nH]c56)c4C)CC3)[nH]c(C)cc2=O)c1C)C1CCC(N(C)C)CC1. The number of aromatic nitrogens is 4. The van der Waals surface area contributed by atoms with Gasteiger partial charge in [0.05, 0.1) is 42.0 Å². The summed E-state index contributed by atoms with van der Waals surface area (Å²) in [4.78, 5) is 109. The van der Waals surface area contributed by atoms with E-state index in [1.807, 2.05) is 84.9 Å². The van der Waals surface area contributed by atoms with E-state index in [0.29, 0.717) is 103 Å². The number of carbonyl (C=O) groups excluding carboxylic acids is 3. The fourth-order valence-electron chi connectivity index (χ4n) is 17.1. The molecule has 4 aromatic heterocycles. The van der Waals surface area contributed by atoms with Gasteiger partial charge < -0.3 is 70.0 Å². The molecule has 3 aromatic carbocycles. The van der Waals surface area contributed by atoms with Gasteiger partial charge in [-0.1, -0.05) is 34.8 Å². The Hall–Kier alpha value is -7.79. The molecule has 10 rings (SSSR count). The summed E-state index contributed by atoms with van der Waals surface area (Å²) < 4.78 is 2.09. The van der Waals surface area contributed by atoms with Gasteiger partial charge in [0.1, 0.15) is 17.3 Å². The predicted molar refractivity (Wildman–Crippen MR) is 431 cm³/mol. The maximum absolute atomic E-state index is 14.4. The van der Waals surface area contributed by atoms with Gasteiger partial charge in [0, 0.05) is 179 Å². The molecular formula is C81H112Cl3N15O6. The number of fused-ring (bicyclic) bond motifs is 1. The first-order valence-corrected chi connectivity index (χ1v) is 38.8. The zero-order valence-corrected chi connectivity index (χ0v) is 66.9. The standard InChI is InChI=1S/C81H112Cl3N15O6/c1-17-96(60-26-20-57(21-27-60)92(11)12)70-38-54(82)35-64(51(70)8)79(103)86-42-67-73(100)32-47(4)89-76(67)90-49(6)45-94(15)58-22-28-61(29-23-58)97(18-2)71-39-55(83)36-65(52(71)9)80(104)87-43-68-75(102)34-50(7)99-63(41-85-77(68)99)46-95(16)59-24-30-62(31-25-59)98(19-3)72-40-56(84)37-66(53(72)10)81(105)88-44-69-74(101)33-48(5)91-78(69)93(13)14/h32-41,49,57-62,85H,17-31,42-46H2,1-16H3,(H,86,103)(H,87,104)(H,88,105)(H,91,101)(H2,89,90,100). The number of likely N-dealkylation sites (N-methyl/N-ethyl adjacent to an activating group) is 1. The van der Waals surface area contributed by atoms with E-state index in [-0.39, 0.29) is 71.8 Å². The fraction of sp³-hybridized carbons (Fsp3) is 0.531. The van der Waals surface area contributed by atoms with E-state index in [2.05, 4.69) is 126 Å². The molecule has 0 spiro atoms. The largest absolute Gasteiger partial charge is 0.369 e. The highest BCUT2D eigenvalue weighted by molar-refractivity contribution is 6.32. The number of pyridine rings is 3. The lowest BCUT2D eigenvalue weighted by Gasteiger charge is -2.41. The van der Waals surface area contributed by atoms with Crippen LogP contribution in [0.1, 0.15) is 192 Å². The molecule has 0 aliphatic heterocycles. The van der Waals surface area contributed by atoms with Crippen LogP contribution in [0.5, 0.6) is 0 Å². The number of carbonyl (C=O) groups is 3. The molecule has 3 fully saturated rings. The quantitative estimate of drug-likeness (QED) is 0.0242. The summed E-state index contributed by atoms with van der Waals surface area (Å²) in [6.45, 7) is 23.8. The number of amides is 3. The monoisotopic (exact) mass is 1500 g/mol. The van der Waals surface area contributed by atoms with Crippen molar-refractivity contribution in [2.75, 3.05) is 93.4 Å². The van der Waals surface area contributed by atoms with E-state index in [1.54, 1.807) is 36.4 Å². The van der Waals surface area contributed by atoms with Crippen molar-refractivity contribution >= 4 is 86.9 Å². The van der Waals surface area contributed by atoms with Crippen molar-refractivity contribution in [3.8, 4) is 0 Å². The Morgan fingerprint density at radius 1 is 0.495 bits per heavy atom. The number of aryl methyl sites for hydroxylation is 3. The fourth-order valence-corrected chi connectivity index (χ4v) is 17.7. The van der Waals surface area contributed by atoms with E-state index in [9.17, 15) is 28.8 Å². The van der Waals surface area contributed by atoms with E-state index in [4.69, 9.17) is 34.8 Å². The number of aromatic amines is 3. The lowest BCUT2D eigenvalue weighted by molar-refractivity contribution is 0.0942. The Morgan fingerprint density at radius 3 is 1.30 bits per heavy atom. The second-order valence-corrected chi connectivity index (χ2v) is 31.6. The van der Waals surface area contributed by atoms with E-state index in [1.165, 1.54) is 0 Å². The van der Waals surface area contributed by atoms with Crippen LogP contribution in [0.3, 0.4) is 0 Å². The molecule has 7 N–H and O–H groups in total. The zero-order valence-electron chi connectivity index (χ0n) is 64.6. The van der Waals surface area contributed by atoms with Crippen LogP contribution in [-0.4, -0.2) is 163 Å². The minimum absolute atomic E-state index is 0.00864. The van der Waals surface area contributed by atoms with Gasteiger partial charge in [-0.2, -0.15) is 0 Å². The summed E-state index contributed by atoms with van der Waals surface area (Å²) in [5.74, 6) is 0.353. The van der Waals surface area contributed by atoms with Crippen LogP contribution in [0.15, 0.2) is 75.2 Å². The molecule has 3 aliphatic rings. The van der Waals surface area contributed by atoms with E-state index >= 15 is 0 Å². The number of hydrogen-bond acceptors (Lipinski definition) is 14. The number of imidazole rings is 1. The average Bonchev–Trinajstić information content (AvgIpc) is 1.69. The van der Waals surface area contributed by atoms with Gasteiger partial charge in [0.15, 0.2) is 16.3 Å². The van der Waals surface area contributed by atoms with Gasteiger partial charge in [-0.05, 0) is 228 Å². The predicted octanol–water partition coefficient (Wildman–Crippen LogP) is 13.2. The van der Waals surface area contributed by atoms with Crippen molar-refractivity contribution in [2.24, 2.45) is 0 Å². The summed E-state index contributed by atoms with van der Waals surface area (Å²) in [6, 6.07) is 17.7. The van der Waals surface area contributed by atoms with Crippen LogP contribution in [0.25, 0.3) is 5.65 Å². The molecule has 24 heteroatoms. The van der Waals surface area contributed by atoms with E-state index in [0.717, 1.165) is 153 Å². The number of benzene rings is 3. The third-order valence-electron chi connectivity index (χ3n) is 22.8. The molecule has 1 unspecified atom stereocenters. The van der Waals surface area contributed by atoms with Crippen molar-refractivity contribution in [1.29, 1.82) is 0 Å². The Bertz CT molecular complexity index is 4460. The normalized spacial score (nSPS) is 18.7. The maximum atomic E-state index is 14.4. The molecule has 105 heavy (non-hydrogen) atoms. The lowest BCUT2D eigenvalue weighted by Crippen LogP contribution is -2.45. The first-order valence-electron chi connectivity index (χ1n) is 37.7. The van der Waals surface area contributed by atoms with Gasteiger partial charge in [-0.3, -0.25) is 33.7 Å². The topological polar surface area (TPSA) is 225 Å². The first-order chi connectivity index (χ1) is 50.0. The summed E-state index contributed by atoms with van der Waals surface area (Å²) in [7, 11) is 12.3. The summed E-state index contributed by atoms with van der Waals surface area (Å²) in [5, 5.41) is 14.2. The van der Waals surface area contributed by atoms with Gasteiger partial charge in [-0.15, -0.1) is 0 Å². The molecule has 0 bridgehead atoms. The highest BCUT2D eigenvalue weighted by atomic mass is 35.5. The second kappa shape index (κ2) is 34.8. The Morgan fingerprint density at radius 2 is 0.876 bits per heavy atom. The Kier molecular flexibility index (Phi) is 26.5. The van der Waals surface area contributed by atoms with Crippen LogP contribution >= 0.6 is 34.8 Å². The molecule has 568 valence electrons.